The van der Waals surface area contributed by atoms with E-state index in [1.807, 2.05) is 24.3 Å². The van der Waals surface area contributed by atoms with Crippen LogP contribution >= 0.6 is 0 Å². The number of carbonyl (C=O) groups excluding carboxylic acids is 1. The molecule has 4 rings (SSSR count). The van der Waals surface area contributed by atoms with Crippen LogP contribution in [0.15, 0.2) is 53.8 Å². The molecule has 1 fully saturated rings. The Hall–Kier alpha value is -3.76. The SMILES string of the molecule is O=B/C=N\C[C@H]1CN(c2ccc(-c3ccc(Cn4cnnn4)cc3)c(F)c2)C(=O)O1. The first-order valence-corrected chi connectivity index (χ1v) is 9.15. The number of nitrogens with zero attached hydrogens (tertiary/aromatic N) is 6. The molecule has 0 radical (unpaired) electrons. The summed E-state index contributed by atoms with van der Waals surface area (Å²) in [4.78, 5) is 17.3. The third-order valence-corrected chi connectivity index (χ3v) is 4.61. The molecule has 0 bridgehead atoms. The fourth-order valence-corrected chi connectivity index (χ4v) is 3.18. The van der Waals surface area contributed by atoms with Crippen molar-refractivity contribution in [3.63, 3.8) is 0 Å². The Balaban J connectivity index is 1.47. The second-order valence-corrected chi connectivity index (χ2v) is 6.64. The number of ether oxygens (including phenoxy) is 1. The molecular formula is C19H16BFN6O3. The molecule has 1 aliphatic rings. The molecule has 0 unspecified atom stereocenters. The fraction of sp³-hybridized carbons (Fsp3) is 0.211. The molecule has 1 aliphatic heterocycles. The van der Waals surface area contributed by atoms with Crippen molar-refractivity contribution in [3.8, 4) is 11.1 Å². The van der Waals surface area contributed by atoms with Gasteiger partial charge in [0.15, 0.2) is 0 Å². The normalized spacial score (nSPS) is 16.1. The van der Waals surface area contributed by atoms with Gasteiger partial charge in [-0.3, -0.25) is 0 Å². The van der Waals surface area contributed by atoms with Gasteiger partial charge in [0.2, 0.25) is 0 Å². The van der Waals surface area contributed by atoms with E-state index in [2.05, 4.69) is 20.5 Å². The molecule has 0 aliphatic carbocycles. The van der Waals surface area contributed by atoms with Crippen molar-refractivity contribution in [1.29, 1.82) is 0 Å². The number of benzene rings is 2. The first kappa shape index (κ1) is 19.6. The number of carbonyl (C=O) groups is 1. The summed E-state index contributed by atoms with van der Waals surface area (Å²) in [7, 11) is 0.557. The second-order valence-electron chi connectivity index (χ2n) is 6.64. The van der Waals surface area contributed by atoms with Gasteiger partial charge in [-0.15, -0.1) is 5.10 Å². The van der Waals surface area contributed by atoms with Crippen LogP contribution in [0.2, 0.25) is 0 Å². The van der Waals surface area contributed by atoms with Gasteiger partial charge in [-0.2, -0.15) is 0 Å². The van der Waals surface area contributed by atoms with Gasteiger partial charge in [0.1, 0.15) is 6.33 Å². The Bertz CT molecular complexity index is 1070. The van der Waals surface area contributed by atoms with Crippen molar-refractivity contribution < 1.29 is 18.6 Å². The van der Waals surface area contributed by atoms with Gasteiger partial charge < -0.3 is 0 Å². The Morgan fingerprint density at radius 2 is 2.10 bits per heavy atom. The molecule has 1 atom stereocenters. The number of rotatable bonds is 7. The topological polar surface area (TPSA) is 103 Å². The first-order valence-electron chi connectivity index (χ1n) is 9.15. The summed E-state index contributed by atoms with van der Waals surface area (Å²) in [6.07, 6.45) is 1.58. The molecule has 0 spiro atoms. The number of aliphatic imine (C=N–C) groups is 1. The summed E-state index contributed by atoms with van der Waals surface area (Å²) in [5.74, 6) is -0.448. The summed E-state index contributed by atoms with van der Waals surface area (Å²) < 4.78 is 31.9. The Morgan fingerprint density at radius 1 is 1.27 bits per heavy atom. The average Bonchev–Trinajstić information content (AvgIpc) is 3.38. The monoisotopic (exact) mass is 406 g/mol. The van der Waals surface area contributed by atoms with E-state index < -0.39 is 18.0 Å². The van der Waals surface area contributed by atoms with Crippen molar-refractivity contribution in [3.05, 3.63) is 60.2 Å². The number of amides is 1. The van der Waals surface area contributed by atoms with Gasteiger partial charge in [-0.1, -0.05) is 12.1 Å². The second kappa shape index (κ2) is 8.72. The van der Waals surface area contributed by atoms with E-state index >= 15 is 0 Å². The van der Waals surface area contributed by atoms with Crippen molar-refractivity contribution in [2.24, 2.45) is 4.99 Å². The number of tetrazole rings is 1. The third kappa shape index (κ3) is 4.29. The number of hydrogen-bond acceptors (Lipinski definition) is 7. The van der Waals surface area contributed by atoms with Crippen molar-refractivity contribution in [2.45, 2.75) is 12.6 Å². The van der Waals surface area contributed by atoms with Gasteiger partial charge in [0, 0.05) is 0 Å². The zero-order valence-corrected chi connectivity index (χ0v) is 15.8. The van der Waals surface area contributed by atoms with Crippen LogP contribution in [0, 0.1) is 5.82 Å². The predicted molar refractivity (Wildman–Crippen MR) is 106 cm³/mol. The number of hydrogen-bond donors (Lipinski definition) is 0. The van der Waals surface area contributed by atoms with Crippen LogP contribution in [0.5, 0.6) is 0 Å². The van der Waals surface area contributed by atoms with Gasteiger partial charge in [0.25, 0.3) is 0 Å². The van der Waals surface area contributed by atoms with Crippen LogP contribution in [0.1, 0.15) is 5.56 Å². The predicted octanol–water partition coefficient (Wildman–Crippen LogP) is 1.93. The molecule has 3 aromatic rings. The summed E-state index contributed by atoms with van der Waals surface area (Å²) >= 11 is 0. The van der Waals surface area contributed by atoms with Crippen molar-refractivity contribution in [1.82, 2.24) is 20.2 Å². The van der Waals surface area contributed by atoms with Crippen LogP contribution in [-0.2, 0) is 16.0 Å². The maximum absolute atomic E-state index is 14.8. The molecule has 0 saturated carbocycles. The molecule has 150 valence electrons. The minimum atomic E-state index is -0.569. The number of anilines is 1. The Labute approximate surface area is 171 Å². The number of halogens is 1. The maximum atomic E-state index is 14.8. The number of aromatic nitrogens is 4. The summed E-state index contributed by atoms with van der Waals surface area (Å²) in [5.41, 5.74) is 2.52. The van der Waals surface area contributed by atoms with Crippen LogP contribution in [0.3, 0.4) is 0 Å². The van der Waals surface area contributed by atoms with E-state index in [4.69, 9.17) is 4.74 Å². The molecular weight excluding hydrogens is 390 g/mol. The van der Waals surface area contributed by atoms with E-state index in [-0.39, 0.29) is 13.1 Å². The van der Waals surface area contributed by atoms with Crippen LogP contribution in [-0.4, -0.2) is 58.8 Å². The molecule has 2 heterocycles. The first-order chi connectivity index (χ1) is 14.6. The summed E-state index contributed by atoms with van der Waals surface area (Å²) in [5, 5.41) is 11.0. The molecule has 2 aromatic carbocycles. The molecule has 9 nitrogen and oxygen atoms in total. The molecule has 1 aromatic heterocycles. The van der Waals surface area contributed by atoms with Crippen molar-refractivity contribution >= 4 is 25.0 Å². The van der Waals surface area contributed by atoms with E-state index in [1.54, 1.807) is 16.8 Å². The van der Waals surface area contributed by atoms with Gasteiger partial charge in [-0.05, 0) is 16.0 Å². The van der Waals surface area contributed by atoms with Crippen LogP contribution in [0.25, 0.3) is 11.1 Å². The quantitative estimate of drug-likeness (QED) is 0.439. The van der Waals surface area contributed by atoms with E-state index in [9.17, 15) is 13.9 Å². The van der Waals surface area contributed by atoms with Gasteiger partial charge in [-0.25, -0.2) is 4.68 Å². The van der Waals surface area contributed by atoms with E-state index in [1.165, 1.54) is 17.3 Å². The summed E-state index contributed by atoms with van der Waals surface area (Å²) in [6, 6.07) is 12.0. The van der Waals surface area contributed by atoms with Crippen LogP contribution in [0.4, 0.5) is 14.9 Å². The third-order valence-electron chi connectivity index (χ3n) is 4.61. The van der Waals surface area contributed by atoms with Gasteiger partial charge in [0.05, 0.1) is 6.54 Å². The zero-order valence-electron chi connectivity index (χ0n) is 15.8. The fourth-order valence-electron chi connectivity index (χ4n) is 3.18. The Morgan fingerprint density at radius 3 is 2.80 bits per heavy atom. The molecule has 1 saturated heterocycles. The van der Waals surface area contributed by atoms with E-state index in [0.29, 0.717) is 30.5 Å². The summed E-state index contributed by atoms with van der Waals surface area (Å²) in [6.45, 7) is 0.933. The van der Waals surface area contributed by atoms with Crippen LogP contribution < -0.4 is 4.90 Å². The van der Waals surface area contributed by atoms with E-state index in [0.717, 1.165) is 11.7 Å². The number of cyclic esters (lactones) is 1. The molecule has 30 heavy (non-hydrogen) atoms. The van der Waals surface area contributed by atoms with Crippen molar-refractivity contribution in [2.75, 3.05) is 18.0 Å². The Kier molecular flexibility index (Phi) is 5.69. The minimum absolute atomic E-state index is 0.179. The van der Waals surface area contributed by atoms with Gasteiger partial charge >= 0.3 is 120 Å². The zero-order chi connectivity index (χ0) is 20.9. The molecule has 0 N–H and O–H groups in total. The average molecular weight is 406 g/mol. The standard InChI is InChI=1S/C19H16BFN6O3/c21-18-7-15(27-10-16(30-19(27)28)8-22-11-20-29)5-6-17(18)14-3-1-13(2-4-14)9-26-12-23-24-25-26/h1-7,11-12,16H,8-10H2/b22-11-/t16-/m0/s1. The molecule has 11 heteroatoms. The molecule has 1 amide bonds.